The summed E-state index contributed by atoms with van der Waals surface area (Å²) >= 11 is 2.22. The number of nitrogens with zero attached hydrogens (tertiary/aromatic N) is 6. The first-order valence-corrected chi connectivity index (χ1v) is 17.1. The third-order valence-corrected chi connectivity index (χ3v) is 10.0. The molecule has 8 nitrogen and oxygen atoms in total. The van der Waals surface area contributed by atoms with Crippen molar-refractivity contribution in [1.82, 2.24) is 17.5 Å². The zero-order chi connectivity index (χ0) is 33.2. The van der Waals surface area contributed by atoms with Crippen molar-refractivity contribution < 1.29 is 0 Å². The van der Waals surface area contributed by atoms with E-state index in [1.54, 1.807) is 24.3 Å². The van der Waals surface area contributed by atoms with Crippen LogP contribution in [0.2, 0.25) is 0 Å². The first-order chi connectivity index (χ1) is 23.9. The summed E-state index contributed by atoms with van der Waals surface area (Å²) in [6, 6.07) is 36.5. The van der Waals surface area contributed by atoms with Crippen LogP contribution in [0, 0.1) is 13.8 Å². The molecule has 7 aromatic carbocycles. The Kier molecular flexibility index (Phi) is 6.75. The highest BCUT2D eigenvalue weighted by atomic mass is 32.1. The monoisotopic (exact) mass is 672 g/mol. The van der Waals surface area contributed by atoms with E-state index in [2.05, 4.69) is 106 Å². The van der Waals surface area contributed by atoms with Crippen LogP contribution in [0.15, 0.2) is 124 Å². The van der Waals surface area contributed by atoms with E-state index >= 15 is 0 Å². The molecule has 9 aromatic rings. The van der Waals surface area contributed by atoms with Crippen molar-refractivity contribution in [2.24, 2.45) is 4.99 Å². The summed E-state index contributed by atoms with van der Waals surface area (Å²) in [6.07, 6.45) is 0. The standard InChI is InChI=1S/C39H24N6O2S2/c1-21-7-13-24(14-8-21)45(25-15-9-22(2)10-16-25)26-17-11-23(12-18-26)29-19-30-31(34-33(29)41-48-42-34)20-32(37-35(30)43-49-44-37)40-36-27-5-3-4-6-28(27)38(46)39(36)47/h3-20H,1-2H3/b40-36-. The molecule has 234 valence electrons. The van der Waals surface area contributed by atoms with Gasteiger partial charge < -0.3 is 4.90 Å². The van der Waals surface area contributed by atoms with Crippen LogP contribution in [0.3, 0.4) is 0 Å². The molecule has 0 aliphatic rings. The second kappa shape index (κ2) is 11.3. The summed E-state index contributed by atoms with van der Waals surface area (Å²) in [6.45, 7) is 4.18. The molecule has 49 heavy (non-hydrogen) atoms. The Labute approximate surface area is 287 Å². The molecule has 0 saturated heterocycles. The number of hydrogen-bond acceptors (Lipinski definition) is 10. The lowest BCUT2D eigenvalue weighted by Gasteiger charge is -2.26. The third-order valence-electron chi connectivity index (χ3n) is 8.95. The van der Waals surface area contributed by atoms with Crippen LogP contribution in [0.25, 0.3) is 54.7 Å². The van der Waals surface area contributed by atoms with Gasteiger partial charge in [0.25, 0.3) is 5.43 Å². The molecule has 0 atom stereocenters. The average Bonchev–Trinajstić information content (AvgIpc) is 3.88. The first kappa shape index (κ1) is 29.2. The van der Waals surface area contributed by atoms with Gasteiger partial charge in [0.2, 0.25) is 5.43 Å². The maximum atomic E-state index is 13.0. The predicted molar refractivity (Wildman–Crippen MR) is 200 cm³/mol. The molecule has 0 aliphatic carbocycles. The van der Waals surface area contributed by atoms with Gasteiger partial charge in [-0.1, -0.05) is 71.8 Å². The van der Waals surface area contributed by atoms with E-state index in [-0.39, 0.29) is 5.36 Å². The Morgan fingerprint density at radius 1 is 0.531 bits per heavy atom. The van der Waals surface area contributed by atoms with Gasteiger partial charge in [-0.3, -0.25) is 9.59 Å². The molecule has 2 aromatic heterocycles. The van der Waals surface area contributed by atoms with Crippen molar-refractivity contribution in [3.63, 3.8) is 0 Å². The van der Waals surface area contributed by atoms with Gasteiger partial charge in [-0.2, -0.15) is 17.5 Å². The first-order valence-electron chi connectivity index (χ1n) is 15.6. The largest absolute Gasteiger partial charge is 0.311 e. The van der Waals surface area contributed by atoms with E-state index < -0.39 is 10.9 Å². The van der Waals surface area contributed by atoms with Crippen molar-refractivity contribution in [3.05, 3.63) is 146 Å². The van der Waals surface area contributed by atoms with Gasteiger partial charge in [0.05, 0.1) is 29.1 Å². The smallest absolute Gasteiger partial charge is 0.252 e. The molecule has 0 amide bonds. The molecule has 0 N–H and O–H groups in total. The van der Waals surface area contributed by atoms with Crippen LogP contribution in [-0.4, -0.2) is 17.5 Å². The number of aromatic nitrogens is 4. The highest BCUT2D eigenvalue weighted by Crippen LogP contribution is 2.41. The average molecular weight is 673 g/mol. The molecule has 0 unspecified atom stereocenters. The Morgan fingerprint density at radius 2 is 1.04 bits per heavy atom. The Hall–Kier alpha value is -5.97. The van der Waals surface area contributed by atoms with Gasteiger partial charge in [-0.15, -0.1) is 0 Å². The second-order valence-electron chi connectivity index (χ2n) is 12.1. The molecular weight excluding hydrogens is 649 g/mol. The minimum Gasteiger partial charge on any atom is -0.311 e. The van der Waals surface area contributed by atoms with E-state index in [4.69, 9.17) is 13.7 Å². The fourth-order valence-corrected chi connectivity index (χ4v) is 7.58. The van der Waals surface area contributed by atoms with Crippen molar-refractivity contribution in [1.29, 1.82) is 0 Å². The number of benzene rings is 6. The summed E-state index contributed by atoms with van der Waals surface area (Å²) in [5.41, 5.74) is 9.49. The molecule has 0 saturated carbocycles. The summed E-state index contributed by atoms with van der Waals surface area (Å²) in [4.78, 5) is 32.7. The lowest BCUT2D eigenvalue weighted by atomic mass is 9.97. The minimum atomic E-state index is -0.625. The van der Waals surface area contributed by atoms with Gasteiger partial charge in [0.15, 0.2) is 0 Å². The molecule has 10 heteroatoms. The number of hydrogen-bond donors (Lipinski definition) is 0. The van der Waals surface area contributed by atoms with Crippen LogP contribution in [0.4, 0.5) is 22.7 Å². The molecular formula is C39H24N6O2S2. The SMILES string of the molecule is Cc1ccc(N(c2ccc(C)cc2)c2ccc(-c3cc4c(cc(/N=c5\c(=O)c(=O)c6ccccc56)c5nsnc54)c4nsnc34)cc2)cc1. The number of aryl methyl sites for hydroxylation is 2. The van der Waals surface area contributed by atoms with E-state index in [1.165, 1.54) is 11.1 Å². The van der Waals surface area contributed by atoms with Crippen LogP contribution >= 0.6 is 23.5 Å². The summed E-state index contributed by atoms with van der Waals surface area (Å²) in [5.74, 6) is 0. The van der Waals surface area contributed by atoms with E-state index in [1.807, 2.05) is 6.07 Å². The van der Waals surface area contributed by atoms with Crippen molar-refractivity contribution >= 4 is 89.8 Å². The summed E-state index contributed by atoms with van der Waals surface area (Å²) < 4.78 is 18.7. The molecule has 0 spiro atoms. The van der Waals surface area contributed by atoms with Crippen molar-refractivity contribution in [3.8, 4) is 11.1 Å². The summed E-state index contributed by atoms with van der Waals surface area (Å²) in [7, 11) is 0. The van der Waals surface area contributed by atoms with Gasteiger partial charge in [0, 0.05) is 44.2 Å². The molecule has 0 radical (unpaired) electrons. The van der Waals surface area contributed by atoms with E-state index in [0.29, 0.717) is 33.0 Å². The number of anilines is 3. The molecule has 0 bridgehead atoms. The van der Waals surface area contributed by atoms with Gasteiger partial charge in [-0.05, 0) is 67.9 Å². The molecule has 2 heterocycles. The highest BCUT2D eigenvalue weighted by molar-refractivity contribution is 7.00. The van der Waals surface area contributed by atoms with Crippen LogP contribution in [0.5, 0.6) is 0 Å². The zero-order valence-electron chi connectivity index (χ0n) is 26.2. The highest BCUT2D eigenvalue weighted by Gasteiger charge is 2.20. The lowest BCUT2D eigenvalue weighted by molar-refractivity contribution is 1.27. The fourth-order valence-electron chi connectivity index (χ4n) is 6.44. The maximum absolute atomic E-state index is 13.0. The number of rotatable bonds is 5. The van der Waals surface area contributed by atoms with Gasteiger partial charge in [-0.25, -0.2) is 4.99 Å². The van der Waals surface area contributed by atoms with E-state index in [9.17, 15) is 9.59 Å². The second-order valence-corrected chi connectivity index (χ2v) is 13.1. The molecule has 0 aliphatic heterocycles. The zero-order valence-corrected chi connectivity index (χ0v) is 27.8. The van der Waals surface area contributed by atoms with Crippen molar-refractivity contribution in [2.45, 2.75) is 13.8 Å². The minimum absolute atomic E-state index is 0.115. The van der Waals surface area contributed by atoms with Crippen LogP contribution in [0.1, 0.15) is 11.1 Å². The van der Waals surface area contributed by atoms with Crippen LogP contribution < -0.4 is 21.1 Å². The normalized spacial score (nSPS) is 12.2. The molecule has 9 rings (SSSR count). The quantitative estimate of drug-likeness (QED) is 0.169. The van der Waals surface area contributed by atoms with Gasteiger partial charge in [0.1, 0.15) is 27.4 Å². The van der Waals surface area contributed by atoms with Crippen molar-refractivity contribution in [2.75, 3.05) is 4.90 Å². The maximum Gasteiger partial charge on any atom is 0.252 e. The Balaban J connectivity index is 1.20. The number of fused-ring (bicyclic) bond motifs is 6. The predicted octanol–water partition coefficient (Wildman–Crippen LogP) is 8.58. The van der Waals surface area contributed by atoms with E-state index in [0.717, 1.165) is 67.9 Å². The van der Waals surface area contributed by atoms with Crippen LogP contribution in [-0.2, 0) is 0 Å². The third kappa shape index (κ3) is 4.75. The Bertz CT molecular complexity index is 2840. The molecule has 0 fully saturated rings. The lowest BCUT2D eigenvalue weighted by Crippen LogP contribution is -2.30. The fraction of sp³-hybridized carbons (Fsp3) is 0.0513. The summed E-state index contributed by atoms with van der Waals surface area (Å²) in [5, 5.41) is 2.67. The van der Waals surface area contributed by atoms with Gasteiger partial charge >= 0.3 is 0 Å². The Morgan fingerprint density at radius 3 is 1.67 bits per heavy atom. The topological polar surface area (TPSA) is 101 Å².